The molecule has 0 saturated heterocycles. The lowest BCUT2D eigenvalue weighted by atomic mass is 10.1. The molecule has 0 aliphatic heterocycles. The summed E-state index contributed by atoms with van der Waals surface area (Å²) in [5.41, 5.74) is 2.64. The van der Waals surface area contributed by atoms with Gasteiger partial charge in [-0.3, -0.25) is 9.89 Å². The van der Waals surface area contributed by atoms with Crippen LogP contribution in [0.25, 0.3) is 0 Å². The number of aromatic nitrogens is 4. The number of hydrogen-bond donors (Lipinski definition) is 2. The Morgan fingerprint density at radius 2 is 2.12 bits per heavy atom. The Morgan fingerprint density at radius 1 is 1.33 bits per heavy atom. The molecule has 0 spiro atoms. The second kappa shape index (κ2) is 7.08. The van der Waals surface area contributed by atoms with Crippen LogP contribution in [-0.4, -0.2) is 32.8 Å². The first-order valence-corrected chi connectivity index (χ1v) is 7.78. The highest BCUT2D eigenvalue weighted by atomic mass is 16.5. The molecule has 124 valence electrons. The van der Waals surface area contributed by atoms with E-state index in [0.29, 0.717) is 30.2 Å². The molecule has 2 aromatic heterocycles. The largest absolute Gasteiger partial charge is 0.351 e. The van der Waals surface area contributed by atoms with Crippen molar-refractivity contribution in [1.29, 1.82) is 0 Å². The van der Waals surface area contributed by atoms with Gasteiger partial charge in [0.2, 0.25) is 5.89 Å². The van der Waals surface area contributed by atoms with Crippen molar-refractivity contribution >= 4 is 5.91 Å². The summed E-state index contributed by atoms with van der Waals surface area (Å²) in [5, 5.41) is 13.7. The van der Waals surface area contributed by atoms with Gasteiger partial charge in [-0.2, -0.15) is 10.1 Å². The molecule has 7 nitrogen and oxygen atoms in total. The smallest absolute Gasteiger partial charge is 0.251 e. The third-order valence-electron chi connectivity index (χ3n) is 3.81. The molecule has 1 unspecified atom stereocenters. The van der Waals surface area contributed by atoms with E-state index in [4.69, 9.17) is 4.52 Å². The van der Waals surface area contributed by atoms with Crippen molar-refractivity contribution in [2.45, 2.75) is 26.2 Å². The van der Waals surface area contributed by atoms with Crippen LogP contribution in [0.15, 0.2) is 41.1 Å². The topological polar surface area (TPSA) is 96.7 Å². The number of rotatable bonds is 6. The molecule has 1 atom stereocenters. The van der Waals surface area contributed by atoms with Crippen molar-refractivity contribution in [3.63, 3.8) is 0 Å². The summed E-state index contributed by atoms with van der Waals surface area (Å²) in [6.45, 7) is 4.34. The number of H-pyrrole nitrogens is 1. The van der Waals surface area contributed by atoms with Crippen LogP contribution in [0.5, 0.6) is 0 Å². The van der Waals surface area contributed by atoms with Gasteiger partial charge in [0.15, 0.2) is 5.82 Å². The normalized spacial score (nSPS) is 12.1. The average Bonchev–Trinajstić information content (AvgIpc) is 3.23. The lowest BCUT2D eigenvalue weighted by molar-refractivity contribution is 0.0951. The van der Waals surface area contributed by atoms with Gasteiger partial charge < -0.3 is 9.84 Å². The second-order valence-electron chi connectivity index (χ2n) is 5.72. The van der Waals surface area contributed by atoms with Gasteiger partial charge >= 0.3 is 0 Å². The van der Waals surface area contributed by atoms with Crippen LogP contribution in [0.4, 0.5) is 0 Å². The minimum atomic E-state index is -0.111. The molecule has 24 heavy (non-hydrogen) atoms. The van der Waals surface area contributed by atoms with Crippen molar-refractivity contribution in [2.75, 3.05) is 6.54 Å². The van der Waals surface area contributed by atoms with Gasteiger partial charge in [0.1, 0.15) is 0 Å². The van der Waals surface area contributed by atoms with Gasteiger partial charge in [-0.1, -0.05) is 30.3 Å². The maximum Gasteiger partial charge on any atom is 0.251 e. The highest BCUT2D eigenvalue weighted by molar-refractivity contribution is 5.94. The van der Waals surface area contributed by atoms with E-state index in [9.17, 15) is 4.79 Å². The van der Waals surface area contributed by atoms with Crippen LogP contribution < -0.4 is 5.32 Å². The first-order valence-electron chi connectivity index (χ1n) is 7.78. The first-order chi connectivity index (χ1) is 11.6. The Balaban J connectivity index is 1.57. The molecule has 0 aliphatic rings. The predicted octanol–water partition coefficient (Wildman–Crippen LogP) is 2.23. The maximum atomic E-state index is 12.0. The summed E-state index contributed by atoms with van der Waals surface area (Å²) < 4.78 is 5.29. The monoisotopic (exact) mass is 325 g/mol. The van der Waals surface area contributed by atoms with Gasteiger partial charge in [0, 0.05) is 29.3 Å². The highest BCUT2D eigenvalue weighted by Crippen LogP contribution is 2.14. The molecule has 0 saturated carbocycles. The van der Waals surface area contributed by atoms with E-state index >= 15 is 0 Å². The Labute approximate surface area is 139 Å². The van der Waals surface area contributed by atoms with Crippen molar-refractivity contribution in [3.8, 4) is 0 Å². The van der Waals surface area contributed by atoms with Crippen LogP contribution >= 0.6 is 0 Å². The molecule has 3 rings (SSSR count). The van der Waals surface area contributed by atoms with Gasteiger partial charge in [0.25, 0.3) is 5.91 Å². The molecule has 0 bridgehead atoms. The van der Waals surface area contributed by atoms with Crippen molar-refractivity contribution in [1.82, 2.24) is 25.7 Å². The molecule has 0 fully saturated rings. The van der Waals surface area contributed by atoms with Gasteiger partial charge in [0.05, 0.1) is 12.6 Å². The lowest BCUT2D eigenvalue weighted by Crippen LogP contribution is -2.27. The summed E-state index contributed by atoms with van der Waals surface area (Å²) in [6.07, 6.45) is 2.29. The summed E-state index contributed by atoms with van der Waals surface area (Å²) in [5.74, 6) is 0.969. The quantitative estimate of drug-likeness (QED) is 0.724. The molecular weight excluding hydrogens is 306 g/mol. The van der Waals surface area contributed by atoms with E-state index in [1.54, 1.807) is 18.3 Å². The van der Waals surface area contributed by atoms with E-state index in [0.717, 1.165) is 11.3 Å². The Kier molecular flexibility index (Phi) is 4.69. The SMILES string of the molecule is Cc1[nH]ncc1Cc1nc(C(C)CNC(=O)c2ccccc2)no1. The molecule has 2 heterocycles. The zero-order valence-electron chi connectivity index (χ0n) is 13.6. The fourth-order valence-electron chi connectivity index (χ4n) is 2.29. The number of nitrogens with one attached hydrogen (secondary N) is 2. The summed E-state index contributed by atoms with van der Waals surface area (Å²) in [6, 6.07) is 9.10. The minimum Gasteiger partial charge on any atom is -0.351 e. The van der Waals surface area contributed by atoms with E-state index < -0.39 is 0 Å². The highest BCUT2D eigenvalue weighted by Gasteiger charge is 2.16. The van der Waals surface area contributed by atoms with Crippen molar-refractivity contribution in [2.24, 2.45) is 0 Å². The maximum absolute atomic E-state index is 12.0. The zero-order valence-corrected chi connectivity index (χ0v) is 13.6. The lowest BCUT2D eigenvalue weighted by Gasteiger charge is -2.08. The Morgan fingerprint density at radius 3 is 2.83 bits per heavy atom. The number of carbonyl (C=O) groups excluding carboxylic acids is 1. The molecule has 3 aromatic rings. The van der Waals surface area contributed by atoms with Crippen molar-refractivity contribution < 1.29 is 9.32 Å². The third kappa shape index (κ3) is 3.68. The molecule has 7 heteroatoms. The molecular formula is C17H19N5O2. The van der Waals surface area contributed by atoms with E-state index in [2.05, 4.69) is 25.7 Å². The van der Waals surface area contributed by atoms with Crippen molar-refractivity contribution in [3.05, 3.63) is 65.1 Å². The summed E-state index contributed by atoms with van der Waals surface area (Å²) in [7, 11) is 0. The number of carbonyl (C=O) groups is 1. The summed E-state index contributed by atoms with van der Waals surface area (Å²) in [4.78, 5) is 16.5. The fraction of sp³-hybridized carbons (Fsp3) is 0.294. The third-order valence-corrected chi connectivity index (χ3v) is 3.81. The molecule has 1 aromatic carbocycles. The predicted molar refractivity (Wildman–Crippen MR) is 87.6 cm³/mol. The number of amides is 1. The van der Waals surface area contributed by atoms with E-state index in [1.807, 2.05) is 32.0 Å². The number of hydrogen-bond acceptors (Lipinski definition) is 5. The second-order valence-corrected chi connectivity index (χ2v) is 5.72. The van der Waals surface area contributed by atoms with Gasteiger partial charge in [-0.15, -0.1) is 0 Å². The minimum absolute atomic E-state index is 0.0411. The number of benzene rings is 1. The molecule has 0 radical (unpaired) electrons. The Bertz CT molecular complexity index is 809. The zero-order chi connectivity index (χ0) is 16.9. The molecule has 2 N–H and O–H groups in total. The van der Waals surface area contributed by atoms with Crippen LogP contribution in [-0.2, 0) is 6.42 Å². The first kappa shape index (κ1) is 15.9. The van der Waals surface area contributed by atoms with Gasteiger partial charge in [-0.25, -0.2) is 0 Å². The fourth-order valence-corrected chi connectivity index (χ4v) is 2.29. The number of aromatic amines is 1. The average molecular weight is 325 g/mol. The summed E-state index contributed by atoms with van der Waals surface area (Å²) >= 11 is 0. The number of aryl methyl sites for hydroxylation is 1. The van der Waals surface area contributed by atoms with E-state index in [-0.39, 0.29) is 11.8 Å². The standard InChI is InChI=1S/C17H19N5O2/c1-11(9-18-17(23)13-6-4-3-5-7-13)16-20-15(24-22-16)8-14-10-19-21-12(14)2/h3-7,10-11H,8-9H2,1-2H3,(H,18,23)(H,19,21). The number of nitrogens with zero attached hydrogens (tertiary/aromatic N) is 3. The van der Waals surface area contributed by atoms with E-state index in [1.165, 1.54) is 0 Å². The molecule has 1 amide bonds. The van der Waals surface area contributed by atoms with Crippen LogP contribution in [0, 0.1) is 6.92 Å². The van der Waals surface area contributed by atoms with Crippen LogP contribution in [0.3, 0.4) is 0 Å². The molecule has 0 aliphatic carbocycles. The van der Waals surface area contributed by atoms with Crippen LogP contribution in [0.1, 0.15) is 46.2 Å². The van der Waals surface area contributed by atoms with Gasteiger partial charge in [-0.05, 0) is 19.1 Å². The Hall–Kier alpha value is -2.96. The van der Waals surface area contributed by atoms with Crippen LogP contribution in [0.2, 0.25) is 0 Å².